The third-order valence-electron chi connectivity index (χ3n) is 3.60. The highest BCUT2D eigenvalue weighted by Crippen LogP contribution is 2.17. The van der Waals surface area contributed by atoms with Crippen molar-refractivity contribution in [1.82, 2.24) is 10.2 Å². The molecular formula is C20H24N2O4. The van der Waals surface area contributed by atoms with Crippen LogP contribution in [0.4, 0.5) is 0 Å². The molecule has 0 spiro atoms. The summed E-state index contributed by atoms with van der Waals surface area (Å²) in [6.07, 6.45) is 0. The molecule has 2 aromatic carbocycles. The molecule has 26 heavy (non-hydrogen) atoms. The maximum Gasteiger partial charge on any atom is 0.258 e. The van der Waals surface area contributed by atoms with Crippen LogP contribution in [-0.2, 0) is 11.3 Å². The molecule has 6 nitrogen and oxygen atoms in total. The van der Waals surface area contributed by atoms with Crippen LogP contribution in [0.25, 0.3) is 0 Å². The van der Waals surface area contributed by atoms with Gasteiger partial charge in [-0.3, -0.25) is 9.59 Å². The van der Waals surface area contributed by atoms with Gasteiger partial charge in [0.25, 0.3) is 11.8 Å². The molecule has 6 heteroatoms. The van der Waals surface area contributed by atoms with E-state index in [1.54, 1.807) is 50.5 Å². The fourth-order valence-corrected chi connectivity index (χ4v) is 2.22. The van der Waals surface area contributed by atoms with Gasteiger partial charge in [0.05, 0.1) is 6.61 Å². The molecule has 0 aliphatic carbocycles. The average molecular weight is 356 g/mol. The Morgan fingerprint density at radius 3 is 2.04 bits per heavy atom. The lowest BCUT2D eigenvalue weighted by molar-refractivity contribution is -0.123. The number of hydrogen-bond donors (Lipinski definition) is 1. The van der Waals surface area contributed by atoms with Gasteiger partial charge in [0.2, 0.25) is 0 Å². The van der Waals surface area contributed by atoms with Gasteiger partial charge in [-0.05, 0) is 48.9 Å². The summed E-state index contributed by atoms with van der Waals surface area (Å²) in [5, 5.41) is 2.79. The smallest absolute Gasteiger partial charge is 0.258 e. The van der Waals surface area contributed by atoms with Crippen molar-refractivity contribution in [2.45, 2.75) is 13.5 Å². The largest absolute Gasteiger partial charge is 0.494 e. The Morgan fingerprint density at radius 2 is 1.50 bits per heavy atom. The molecule has 0 radical (unpaired) electrons. The Labute approximate surface area is 153 Å². The lowest BCUT2D eigenvalue weighted by Gasteiger charge is -2.11. The van der Waals surface area contributed by atoms with E-state index in [0.29, 0.717) is 24.5 Å². The van der Waals surface area contributed by atoms with Gasteiger partial charge in [0, 0.05) is 26.2 Å². The van der Waals surface area contributed by atoms with E-state index < -0.39 is 0 Å². The third-order valence-corrected chi connectivity index (χ3v) is 3.60. The first-order chi connectivity index (χ1) is 12.5. The van der Waals surface area contributed by atoms with Crippen LogP contribution in [0.15, 0.2) is 48.5 Å². The molecule has 0 aliphatic rings. The van der Waals surface area contributed by atoms with E-state index in [1.807, 2.05) is 19.1 Å². The molecular weight excluding hydrogens is 332 g/mol. The molecule has 0 unspecified atom stereocenters. The molecule has 1 N–H and O–H groups in total. The van der Waals surface area contributed by atoms with Crippen molar-refractivity contribution < 1.29 is 19.1 Å². The minimum atomic E-state index is -0.215. The Hall–Kier alpha value is -3.02. The summed E-state index contributed by atoms with van der Waals surface area (Å²) in [7, 11) is 3.42. The van der Waals surface area contributed by atoms with E-state index in [1.165, 1.54) is 4.90 Å². The second kappa shape index (κ2) is 9.46. The molecule has 0 fully saturated rings. The molecule has 0 aliphatic heterocycles. The highest BCUT2D eigenvalue weighted by atomic mass is 16.5. The summed E-state index contributed by atoms with van der Waals surface area (Å²) in [4.78, 5) is 25.3. The van der Waals surface area contributed by atoms with Gasteiger partial charge in [0.15, 0.2) is 6.61 Å². The van der Waals surface area contributed by atoms with Crippen molar-refractivity contribution in [2.24, 2.45) is 0 Å². The minimum absolute atomic E-state index is 0.0515. The summed E-state index contributed by atoms with van der Waals surface area (Å²) < 4.78 is 10.8. The Morgan fingerprint density at radius 1 is 0.923 bits per heavy atom. The maximum atomic E-state index is 11.9. The maximum absolute atomic E-state index is 11.9. The molecule has 138 valence electrons. The number of hydrogen-bond acceptors (Lipinski definition) is 4. The molecule has 2 aromatic rings. The van der Waals surface area contributed by atoms with E-state index in [2.05, 4.69) is 5.32 Å². The van der Waals surface area contributed by atoms with Crippen LogP contribution in [0.2, 0.25) is 0 Å². The van der Waals surface area contributed by atoms with E-state index in [0.717, 1.165) is 11.3 Å². The number of carbonyl (C=O) groups excluding carboxylic acids is 2. The number of nitrogens with one attached hydrogen (secondary N) is 1. The highest BCUT2D eigenvalue weighted by molar-refractivity contribution is 5.93. The SMILES string of the molecule is CCOc1ccc(OCC(=O)NCc2ccc(C(=O)N(C)C)cc2)cc1. The Kier molecular flexibility index (Phi) is 7.02. The van der Waals surface area contributed by atoms with Gasteiger partial charge < -0.3 is 19.7 Å². The Balaban J connectivity index is 1.77. The van der Waals surface area contributed by atoms with Crippen molar-refractivity contribution in [3.05, 3.63) is 59.7 Å². The topological polar surface area (TPSA) is 67.9 Å². The highest BCUT2D eigenvalue weighted by Gasteiger charge is 2.08. The van der Waals surface area contributed by atoms with Crippen molar-refractivity contribution in [1.29, 1.82) is 0 Å². The van der Waals surface area contributed by atoms with Gasteiger partial charge in [-0.2, -0.15) is 0 Å². The second-order valence-corrected chi connectivity index (χ2v) is 5.87. The van der Waals surface area contributed by atoms with Crippen LogP contribution in [0.5, 0.6) is 11.5 Å². The van der Waals surface area contributed by atoms with E-state index >= 15 is 0 Å². The molecule has 0 heterocycles. The number of nitrogens with zero attached hydrogens (tertiary/aromatic N) is 1. The van der Waals surface area contributed by atoms with Crippen LogP contribution in [0.1, 0.15) is 22.8 Å². The fraction of sp³-hybridized carbons (Fsp3) is 0.300. The molecule has 0 saturated carbocycles. The minimum Gasteiger partial charge on any atom is -0.494 e. The lowest BCUT2D eigenvalue weighted by atomic mass is 10.1. The first kappa shape index (κ1) is 19.3. The van der Waals surface area contributed by atoms with E-state index in [4.69, 9.17) is 9.47 Å². The van der Waals surface area contributed by atoms with Crippen molar-refractivity contribution in [3.63, 3.8) is 0 Å². The predicted molar refractivity (Wildman–Crippen MR) is 99.4 cm³/mol. The summed E-state index contributed by atoms with van der Waals surface area (Å²) >= 11 is 0. The van der Waals surface area contributed by atoms with Crippen LogP contribution >= 0.6 is 0 Å². The molecule has 0 aromatic heterocycles. The number of ether oxygens (including phenoxy) is 2. The zero-order chi connectivity index (χ0) is 18.9. The Bertz CT molecular complexity index is 724. The quantitative estimate of drug-likeness (QED) is 0.789. The van der Waals surface area contributed by atoms with Crippen molar-refractivity contribution >= 4 is 11.8 Å². The number of rotatable bonds is 8. The fourth-order valence-electron chi connectivity index (χ4n) is 2.22. The van der Waals surface area contributed by atoms with Gasteiger partial charge in [-0.1, -0.05) is 12.1 Å². The predicted octanol–water partition coefficient (Wildman–Crippen LogP) is 2.48. The van der Waals surface area contributed by atoms with Crippen molar-refractivity contribution in [2.75, 3.05) is 27.3 Å². The van der Waals surface area contributed by atoms with Crippen LogP contribution in [0.3, 0.4) is 0 Å². The zero-order valence-electron chi connectivity index (χ0n) is 15.3. The van der Waals surface area contributed by atoms with E-state index in [-0.39, 0.29) is 18.4 Å². The standard InChI is InChI=1S/C20H24N2O4/c1-4-25-17-9-11-18(12-10-17)26-14-19(23)21-13-15-5-7-16(8-6-15)20(24)22(2)3/h5-12H,4,13-14H2,1-3H3,(H,21,23). The molecule has 0 bridgehead atoms. The number of carbonyl (C=O) groups is 2. The van der Waals surface area contributed by atoms with Crippen LogP contribution < -0.4 is 14.8 Å². The van der Waals surface area contributed by atoms with Gasteiger partial charge in [-0.15, -0.1) is 0 Å². The zero-order valence-corrected chi connectivity index (χ0v) is 15.3. The molecule has 2 rings (SSSR count). The molecule has 0 atom stereocenters. The van der Waals surface area contributed by atoms with Crippen LogP contribution in [0, 0.1) is 0 Å². The molecule has 0 saturated heterocycles. The monoisotopic (exact) mass is 356 g/mol. The summed E-state index contributed by atoms with van der Waals surface area (Å²) in [6, 6.07) is 14.3. The third kappa shape index (κ3) is 5.81. The first-order valence-electron chi connectivity index (χ1n) is 8.42. The van der Waals surface area contributed by atoms with Gasteiger partial charge in [0.1, 0.15) is 11.5 Å². The molecule has 2 amide bonds. The summed E-state index contributed by atoms with van der Waals surface area (Å²) in [5.41, 5.74) is 1.53. The van der Waals surface area contributed by atoms with Gasteiger partial charge >= 0.3 is 0 Å². The summed E-state index contributed by atoms with van der Waals surface area (Å²) in [6.45, 7) is 2.84. The second-order valence-electron chi connectivity index (χ2n) is 5.87. The van der Waals surface area contributed by atoms with Crippen LogP contribution in [-0.4, -0.2) is 44.0 Å². The van der Waals surface area contributed by atoms with Crippen molar-refractivity contribution in [3.8, 4) is 11.5 Å². The number of benzene rings is 2. The number of amides is 2. The van der Waals surface area contributed by atoms with E-state index in [9.17, 15) is 9.59 Å². The summed E-state index contributed by atoms with van der Waals surface area (Å²) in [5.74, 6) is 1.10. The lowest BCUT2D eigenvalue weighted by Crippen LogP contribution is -2.28. The first-order valence-corrected chi connectivity index (χ1v) is 8.42. The average Bonchev–Trinajstić information content (AvgIpc) is 2.66. The van der Waals surface area contributed by atoms with Gasteiger partial charge in [-0.25, -0.2) is 0 Å². The normalized spacial score (nSPS) is 10.1.